The molecule has 132 valence electrons. The van der Waals surface area contributed by atoms with Crippen molar-refractivity contribution in [2.75, 3.05) is 31.1 Å². The standard InChI is InChI=1S/C16H16FN3O4S/c17-15-3-1-2-4-16(15)18-9-11-19(12-10-18)25(23,24)14-7-5-13(6-8-14)20(21)22/h1-8H,9-12H2. The van der Waals surface area contributed by atoms with E-state index in [2.05, 4.69) is 0 Å². The predicted octanol–water partition coefficient (Wildman–Crippen LogP) is 2.24. The molecular formula is C16H16FN3O4S. The Morgan fingerprint density at radius 1 is 0.960 bits per heavy atom. The summed E-state index contributed by atoms with van der Waals surface area (Å²) in [6.45, 7) is 1.17. The van der Waals surface area contributed by atoms with E-state index < -0.39 is 14.9 Å². The molecular weight excluding hydrogens is 349 g/mol. The summed E-state index contributed by atoms with van der Waals surface area (Å²) in [5.41, 5.74) is 0.290. The third-order valence-corrected chi connectivity index (χ3v) is 6.03. The zero-order chi connectivity index (χ0) is 18.0. The Kier molecular flexibility index (Phi) is 4.69. The minimum absolute atomic E-state index is 0.0115. The minimum Gasteiger partial charge on any atom is -0.367 e. The van der Waals surface area contributed by atoms with E-state index in [9.17, 15) is 22.9 Å². The van der Waals surface area contributed by atoms with Crippen molar-refractivity contribution in [1.82, 2.24) is 4.31 Å². The second-order valence-electron chi connectivity index (χ2n) is 5.59. The molecule has 2 aromatic rings. The van der Waals surface area contributed by atoms with Gasteiger partial charge in [-0.1, -0.05) is 12.1 Å². The zero-order valence-corrected chi connectivity index (χ0v) is 14.0. The highest BCUT2D eigenvalue weighted by Gasteiger charge is 2.29. The summed E-state index contributed by atoms with van der Waals surface area (Å²) in [4.78, 5) is 11.9. The Hall–Kier alpha value is -2.52. The molecule has 1 aliphatic rings. The van der Waals surface area contributed by atoms with Crippen LogP contribution in [0.15, 0.2) is 53.4 Å². The van der Waals surface area contributed by atoms with E-state index in [0.29, 0.717) is 18.8 Å². The van der Waals surface area contributed by atoms with Gasteiger partial charge in [-0.15, -0.1) is 0 Å². The lowest BCUT2D eigenvalue weighted by Crippen LogP contribution is -2.48. The molecule has 9 heteroatoms. The summed E-state index contributed by atoms with van der Waals surface area (Å²) in [7, 11) is -3.73. The summed E-state index contributed by atoms with van der Waals surface area (Å²) < 4.78 is 40.4. The predicted molar refractivity (Wildman–Crippen MR) is 90.5 cm³/mol. The van der Waals surface area contributed by atoms with Gasteiger partial charge in [-0.05, 0) is 24.3 Å². The van der Waals surface area contributed by atoms with Gasteiger partial charge in [0.1, 0.15) is 5.82 Å². The van der Waals surface area contributed by atoms with Crippen LogP contribution in [-0.2, 0) is 10.0 Å². The molecule has 0 radical (unpaired) electrons. The third-order valence-electron chi connectivity index (χ3n) is 4.12. The van der Waals surface area contributed by atoms with E-state index >= 15 is 0 Å². The first-order valence-corrected chi connectivity index (χ1v) is 9.08. The molecule has 1 aliphatic heterocycles. The first-order valence-electron chi connectivity index (χ1n) is 7.64. The number of hydrogen-bond donors (Lipinski definition) is 0. The Labute approximate surface area is 144 Å². The van der Waals surface area contributed by atoms with Crippen LogP contribution in [0.3, 0.4) is 0 Å². The molecule has 1 heterocycles. The van der Waals surface area contributed by atoms with Crippen molar-refractivity contribution in [3.8, 4) is 0 Å². The fourth-order valence-corrected chi connectivity index (χ4v) is 4.19. The van der Waals surface area contributed by atoms with E-state index in [-0.39, 0.29) is 29.5 Å². The summed E-state index contributed by atoms with van der Waals surface area (Å²) in [5, 5.41) is 10.7. The van der Waals surface area contributed by atoms with Crippen LogP contribution in [0, 0.1) is 15.9 Å². The molecule has 1 saturated heterocycles. The van der Waals surface area contributed by atoms with Gasteiger partial charge >= 0.3 is 0 Å². The second kappa shape index (κ2) is 6.77. The van der Waals surface area contributed by atoms with E-state index in [1.165, 1.54) is 34.6 Å². The number of nitro groups is 1. The Balaban J connectivity index is 1.73. The van der Waals surface area contributed by atoms with E-state index in [1.807, 2.05) is 0 Å². The van der Waals surface area contributed by atoms with Crippen LogP contribution in [0.25, 0.3) is 0 Å². The molecule has 7 nitrogen and oxygen atoms in total. The highest BCUT2D eigenvalue weighted by Crippen LogP contribution is 2.24. The second-order valence-corrected chi connectivity index (χ2v) is 7.53. The number of sulfonamides is 1. The van der Waals surface area contributed by atoms with Crippen molar-refractivity contribution < 1.29 is 17.7 Å². The van der Waals surface area contributed by atoms with Crippen molar-refractivity contribution in [2.45, 2.75) is 4.90 Å². The van der Waals surface area contributed by atoms with Gasteiger partial charge in [0, 0.05) is 38.3 Å². The van der Waals surface area contributed by atoms with E-state index in [1.54, 1.807) is 23.1 Å². The summed E-state index contributed by atoms with van der Waals surface area (Å²) in [6.07, 6.45) is 0. The Bertz CT molecular complexity index is 879. The molecule has 0 saturated carbocycles. The molecule has 25 heavy (non-hydrogen) atoms. The number of benzene rings is 2. The fourth-order valence-electron chi connectivity index (χ4n) is 2.77. The number of halogens is 1. The van der Waals surface area contributed by atoms with Gasteiger partial charge in [0.15, 0.2) is 0 Å². The lowest BCUT2D eigenvalue weighted by atomic mass is 10.2. The number of rotatable bonds is 4. The molecule has 0 atom stereocenters. The first-order chi connectivity index (χ1) is 11.9. The number of anilines is 1. The number of nitrogens with zero attached hydrogens (tertiary/aromatic N) is 3. The smallest absolute Gasteiger partial charge is 0.269 e. The van der Waals surface area contributed by atoms with Gasteiger partial charge < -0.3 is 4.90 Å². The highest BCUT2D eigenvalue weighted by atomic mass is 32.2. The summed E-state index contributed by atoms with van der Waals surface area (Å²) in [6, 6.07) is 11.2. The van der Waals surface area contributed by atoms with Crippen LogP contribution < -0.4 is 4.90 Å². The fraction of sp³-hybridized carbons (Fsp3) is 0.250. The maximum Gasteiger partial charge on any atom is 0.269 e. The molecule has 0 unspecified atom stereocenters. The van der Waals surface area contributed by atoms with Crippen LogP contribution in [0.1, 0.15) is 0 Å². The first kappa shape index (κ1) is 17.3. The Morgan fingerprint density at radius 3 is 2.12 bits per heavy atom. The SMILES string of the molecule is O=[N+]([O-])c1ccc(S(=O)(=O)N2CCN(c3ccccc3F)CC2)cc1. The van der Waals surface area contributed by atoms with Crippen molar-refractivity contribution in [1.29, 1.82) is 0 Å². The molecule has 0 spiro atoms. The molecule has 1 fully saturated rings. The number of hydrogen-bond acceptors (Lipinski definition) is 5. The van der Waals surface area contributed by atoms with Crippen LogP contribution in [0.5, 0.6) is 0 Å². The average Bonchev–Trinajstić information content (AvgIpc) is 2.62. The largest absolute Gasteiger partial charge is 0.367 e. The number of non-ortho nitro benzene ring substituents is 1. The quantitative estimate of drug-likeness (QED) is 0.613. The molecule has 0 amide bonds. The molecule has 0 N–H and O–H groups in total. The van der Waals surface area contributed by atoms with Crippen LogP contribution >= 0.6 is 0 Å². The third kappa shape index (κ3) is 3.47. The number of nitro benzene ring substituents is 1. The maximum atomic E-state index is 13.8. The van der Waals surface area contributed by atoms with Crippen molar-refractivity contribution in [3.63, 3.8) is 0 Å². The van der Waals surface area contributed by atoms with Crippen molar-refractivity contribution >= 4 is 21.4 Å². The van der Waals surface area contributed by atoms with Crippen LogP contribution in [0.4, 0.5) is 15.8 Å². The normalized spacial score (nSPS) is 16.0. The average molecular weight is 365 g/mol. The maximum absolute atomic E-state index is 13.8. The topological polar surface area (TPSA) is 83.8 Å². The van der Waals surface area contributed by atoms with Gasteiger partial charge in [0.25, 0.3) is 5.69 Å². The van der Waals surface area contributed by atoms with Crippen LogP contribution in [-0.4, -0.2) is 43.8 Å². The van der Waals surface area contributed by atoms with Gasteiger partial charge in [-0.3, -0.25) is 10.1 Å². The lowest BCUT2D eigenvalue weighted by Gasteiger charge is -2.35. The lowest BCUT2D eigenvalue weighted by molar-refractivity contribution is -0.384. The van der Waals surface area contributed by atoms with Gasteiger partial charge in [0.05, 0.1) is 15.5 Å². The summed E-state index contributed by atoms with van der Waals surface area (Å²) in [5.74, 6) is -0.339. The Morgan fingerprint density at radius 2 is 1.56 bits per heavy atom. The molecule has 0 bridgehead atoms. The van der Waals surface area contributed by atoms with E-state index in [0.717, 1.165) is 0 Å². The van der Waals surface area contributed by atoms with Crippen LogP contribution in [0.2, 0.25) is 0 Å². The molecule has 2 aromatic carbocycles. The van der Waals surface area contributed by atoms with Crippen molar-refractivity contribution in [3.05, 3.63) is 64.5 Å². The summed E-state index contributed by atoms with van der Waals surface area (Å²) >= 11 is 0. The molecule has 0 aliphatic carbocycles. The van der Waals surface area contributed by atoms with Gasteiger partial charge in [0.2, 0.25) is 10.0 Å². The minimum atomic E-state index is -3.73. The van der Waals surface area contributed by atoms with Crippen molar-refractivity contribution in [2.24, 2.45) is 0 Å². The number of piperazine rings is 1. The zero-order valence-electron chi connectivity index (χ0n) is 13.2. The highest BCUT2D eigenvalue weighted by molar-refractivity contribution is 7.89. The molecule has 3 rings (SSSR count). The van der Waals surface area contributed by atoms with Gasteiger partial charge in [-0.2, -0.15) is 4.31 Å². The molecule has 0 aromatic heterocycles. The van der Waals surface area contributed by atoms with E-state index in [4.69, 9.17) is 0 Å². The monoisotopic (exact) mass is 365 g/mol. The number of para-hydroxylation sites is 1. The van der Waals surface area contributed by atoms with Gasteiger partial charge in [-0.25, -0.2) is 12.8 Å².